The van der Waals surface area contributed by atoms with Crippen molar-refractivity contribution in [2.75, 3.05) is 32.8 Å². The van der Waals surface area contributed by atoms with Crippen LogP contribution in [0.2, 0.25) is 0 Å². The van der Waals surface area contributed by atoms with E-state index in [2.05, 4.69) is 9.88 Å². The predicted octanol–water partition coefficient (Wildman–Crippen LogP) is 1.59. The molecule has 1 aliphatic rings. The molecule has 0 atom stereocenters. The molecule has 1 aromatic carbocycles. The fourth-order valence-corrected chi connectivity index (χ4v) is 3.46. The van der Waals surface area contributed by atoms with Gasteiger partial charge in [-0.1, -0.05) is 12.1 Å². The molecule has 1 amide bonds. The molecule has 0 unspecified atom stereocenters. The van der Waals surface area contributed by atoms with Gasteiger partial charge in [-0.3, -0.25) is 9.69 Å². The molecule has 0 aliphatic carbocycles. The first kappa shape index (κ1) is 16.0. The van der Waals surface area contributed by atoms with Crippen molar-refractivity contribution in [3.05, 3.63) is 41.2 Å². The second-order valence-corrected chi connectivity index (χ2v) is 6.30. The summed E-state index contributed by atoms with van der Waals surface area (Å²) in [6.45, 7) is 2.98. The molecule has 0 bridgehead atoms. The third-order valence-corrected chi connectivity index (χ3v) is 4.83. The Balaban J connectivity index is 1.60. The van der Waals surface area contributed by atoms with Crippen LogP contribution in [-0.4, -0.2) is 58.6 Å². The van der Waals surface area contributed by atoms with Crippen molar-refractivity contribution in [1.29, 1.82) is 0 Å². The van der Waals surface area contributed by atoms with E-state index in [0.29, 0.717) is 30.2 Å². The Bertz CT molecular complexity index is 683. The molecule has 122 valence electrons. The maximum atomic E-state index is 13.8. The van der Waals surface area contributed by atoms with E-state index in [0.717, 1.165) is 18.8 Å². The Hall–Kier alpha value is -1.83. The number of aromatic nitrogens is 1. The molecule has 2 aromatic rings. The lowest BCUT2D eigenvalue weighted by Gasteiger charge is -2.34. The zero-order valence-electron chi connectivity index (χ0n) is 12.6. The monoisotopic (exact) mass is 335 g/mol. The highest BCUT2D eigenvalue weighted by Crippen LogP contribution is 2.26. The number of carbonyl (C=O) groups is 1. The van der Waals surface area contributed by atoms with Crippen molar-refractivity contribution in [3.8, 4) is 10.6 Å². The van der Waals surface area contributed by atoms with Crippen LogP contribution in [0.15, 0.2) is 29.6 Å². The molecule has 1 aromatic heterocycles. The molecule has 1 fully saturated rings. The van der Waals surface area contributed by atoms with E-state index >= 15 is 0 Å². The second kappa shape index (κ2) is 7.16. The number of carbonyl (C=O) groups excluding carboxylic acids is 1. The molecule has 5 nitrogen and oxygen atoms in total. The third-order valence-electron chi connectivity index (χ3n) is 3.90. The van der Waals surface area contributed by atoms with Gasteiger partial charge in [-0.15, -0.1) is 11.3 Å². The number of aliphatic hydroxyl groups is 1. The zero-order valence-corrected chi connectivity index (χ0v) is 13.4. The minimum Gasteiger partial charge on any atom is -0.387 e. The van der Waals surface area contributed by atoms with E-state index in [1.807, 2.05) is 5.38 Å². The van der Waals surface area contributed by atoms with Gasteiger partial charge >= 0.3 is 0 Å². The molecule has 2 heterocycles. The van der Waals surface area contributed by atoms with Crippen LogP contribution in [0.25, 0.3) is 10.6 Å². The molecule has 1 saturated heterocycles. The lowest BCUT2D eigenvalue weighted by atomic mass is 10.2. The van der Waals surface area contributed by atoms with Crippen LogP contribution in [0.4, 0.5) is 4.39 Å². The van der Waals surface area contributed by atoms with Crippen molar-refractivity contribution in [3.63, 3.8) is 0 Å². The molecule has 3 rings (SSSR count). The topological polar surface area (TPSA) is 56.7 Å². The van der Waals surface area contributed by atoms with Gasteiger partial charge in [-0.25, -0.2) is 9.37 Å². The fraction of sp³-hybridized carbons (Fsp3) is 0.375. The van der Waals surface area contributed by atoms with E-state index in [-0.39, 0.29) is 11.7 Å². The number of thiazole rings is 1. The van der Waals surface area contributed by atoms with Crippen LogP contribution in [0.1, 0.15) is 5.69 Å². The van der Waals surface area contributed by atoms with Gasteiger partial charge in [-0.05, 0) is 12.1 Å². The average Bonchev–Trinajstić information content (AvgIpc) is 3.03. The standard InChI is InChI=1S/C16H18FN3O2S/c17-14-4-2-1-3-13(14)16-18-12(11-23-16)9-19-5-7-20(8-6-19)15(22)10-21/h1-4,11,21H,5-10H2. The lowest BCUT2D eigenvalue weighted by Crippen LogP contribution is -2.49. The van der Waals surface area contributed by atoms with Gasteiger partial charge in [0.25, 0.3) is 0 Å². The largest absolute Gasteiger partial charge is 0.387 e. The van der Waals surface area contributed by atoms with Gasteiger partial charge in [0.2, 0.25) is 5.91 Å². The number of amides is 1. The van der Waals surface area contributed by atoms with Crippen LogP contribution in [0.3, 0.4) is 0 Å². The van der Waals surface area contributed by atoms with Gasteiger partial charge in [0.1, 0.15) is 17.4 Å². The predicted molar refractivity (Wildman–Crippen MR) is 86.5 cm³/mol. The maximum absolute atomic E-state index is 13.8. The van der Waals surface area contributed by atoms with Crippen LogP contribution >= 0.6 is 11.3 Å². The second-order valence-electron chi connectivity index (χ2n) is 5.44. The highest BCUT2D eigenvalue weighted by atomic mass is 32.1. The van der Waals surface area contributed by atoms with Crippen LogP contribution in [-0.2, 0) is 11.3 Å². The molecular weight excluding hydrogens is 317 g/mol. The van der Waals surface area contributed by atoms with E-state index in [9.17, 15) is 9.18 Å². The number of hydrogen-bond donors (Lipinski definition) is 1. The van der Waals surface area contributed by atoms with E-state index in [4.69, 9.17) is 5.11 Å². The number of rotatable bonds is 4. The average molecular weight is 335 g/mol. The summed E-state index contributed by atoms with van der Waals surface area (Å²) in [5.74, 6) is -0.482. The third kappa shape index (κ3) is 3.74. The van der Waals surface area contributed by atoms with Gasteiger partial charge in [0, 0.05) is 43.7 Å². The van der Waals surface area contributed by atoms with Gasteiger partial charge < -0.3 is 10.0 Å². The number of halogens is 1. The zero-order chi connectivity index (χ0) is 16.2. The van der Waals surface area contributed by atoms with Gasteiger partial charge in [0.15, 0.2) is 0 Å². The SMILES string of the molecule is O=C(CO)N1CCN(Cc2csc(-c3ccccc3F)n2)CC1. The summed E-state index contributed by atoms with van der Waals surface area (Å²) in [7, 11) is 0. The normalized spacial score (nSPS) is 15.8. The number of piperazine rings is 1. The molecule has 7 heteroatoms. The number of hydrogen-bond acceptors (Lipinski definition) is 5. The molecule has 0 spiro atoms. The van der Waals surface area contributed by atoms with Gasteiger partial charge in [-0.2, -0.15) is 0 Å². The summed E-state index contributed by atoms with van der Waals surface area (Å²) >= 11 is 1.44. The molecule has 23 heavy (non-hydrogen) atoms. The number of nitrogens with zero attached hydrogens (tertiary/aromatic N) is 3. The van der Waals surface area contributed by atoms with E-state index in [1.54, 1.807) is 23.1 Å². The summed E-state index contributed by atoms with van der Waals surface area (Å²) in [5.41, 5.74) is 1.44. The Kier molecular flexibility index (Phi) is 5.00. The Morgan fingerprint density at radius 1 is 1.26 bits per heavy atom. The summed E-state index contributed by atoms with van der Waals surface area (Å²) < 4.78 is 13.8. The molecule has 1 N–H and O–H groups in total. The summed E-state index contributed by atoms with van der Waals surface area (Å²) in [5, 5.41) is 11.5. The summed E-state index contributed by atoms with van der Waals surface area (Å²) in [4.78, 5) is 19.8. The van der Waals surface area contributed by atoms with Crippen LogP contribution in [0.5, 0.6) is 0 Å². The number of benzene rings is 1. The highest BCUT2D eigenvalue weighted by molar-refractivity contribution is 7.13. The van der Waals surface area contributed by atoms with E-state index in [1.165, 1.54) is 17.4 Å². The Morgan fingerprint density at radius 3 is 2.70 bits per heavy atom. The first-order chi connectivity index (χ1) is 11.2. The van der Waals surface area contributed by atoms with Crippen molar-refractivity contribution in [2.45, 2.75) is 6.54 Å². The number of aliphatic hydroxyl groups excluding tert-OH is 1. The highest BCUT2D eigenvalue weighted by Gasteiger charge is 2.21. The van der Waals surface area contributed by atoms with Crippen LogP contribution in [0, 0.1) is 5.82 Å². The lowest BCUT2D eigenvalue weighted by molar-refractivity contribution is -0.136. The molecule has 0 saturated carbocycles. The summed E-state index contributed by atoms with van der Waals surface area (Å²) in [6, 6.07) is 6.64. The first-order valence-electron chi connectivity index (χ1n) is 7.47. The molecule has 1 aliphatic heterocycles. The molecule has 0 radical (unpaired) electrons. The fourth-order valence-electron chi connectivity index (χ4n) is 2.62. The van der Waals surface area contributed by atoms with Gasteiger partial charge in [0.05, 0.1) is 5.69 Å². The maximum Gasteiger partial charge on any atom is 0.248 e. The smallest absolute Gasteiger partial charge is 0.248 e. The quantitative estimate of drug-likeness (QED) is 0.922. The Morgan fingerprint density at radius 2 is 2.00 bits per heavy atom. The van der Waals surface area contributed by atoms with Crippen LogP contribution < -0.4 is 0 Å². The van der Waals surface area contributed by atoms with E-state index < -0.39 is 6.61 Å². The van der Waals surface area contributed by atoms with Crippen molar-refractivity contribution in [2.24, 2.45) is 0 Å². The first-order valence-corrected chi connectivity index (χ1v) is 8.35. The minimum absolute atomic E-state index is 0.222. The van der Waals surface area contributed by atoms with Crippen molar-refractivity contribution in [1.82, 2.24) is 14.8 Å². The summed E-state index contributed by atoms with van der Waals surface area (Å²) in [6.07, 6.45) is 0. The Labute approximate surface area is 138 Å². The van der Waals surface area contributed by atoms with Crippen molar-refractivity contribution >= 4 is 17.2 Å². The molecular formula is C16H18FN3O2S. The minimum atomic E-state index is -0.432. The van der Waals surface area contributed by atoms with Crippen molar-refractivity contribution < 1.29 is 14.3 Å².